The first-order valence-corrected chi connectivity index (χ1v) is 8.86. The molecule has 0 radical (unpaired) electrons. The van der Waals surface area contributed by atoms with E-state index in [9.17, 15) is 24.5 Å². The molecule has 0 bridgehead atoms. The van der Waals surface area contributed by atoms with Gasteiger partial charge in [-0.1, -0.05) is 38.5 Å². The number of carbonyl (C=O) groups excluding carboxylic acids is 2. The monoisotopic (exact) mass is 412 g/mol. The van der Waals surface area contributed by atoms with E-state index in [1.165, 1.54) is 18.2 Å². The summed E-state index contributed by atoms with van der Waals surface area (Å²) in [7, 11) is 0. The third-order valence-corrected chi connectivity index (χ3v) is 3.88. The molecule has 0 aromatic heterocycles. The summed E-state index contributed by atoms with van der Waals surface area (Å²) in [6.07, 6.45) is 0.175. The zero-order chi connectivity index (χ0) is 21.8. The van der Waals surface area contributed by atoms with Crippen LogP contribution in [0.3, 0.4) is 0 Å². The number of aliphatic carboxylic acids is 1. The molecule has 1 atom stereocenters. The number of benzene rings is 1. The maximum Gasteiger partial charge on any atom is 0.410 e. The number of carbonyl (C=O) groups is 3. The second-order valence-corrected chi connectivity index (χ2v) is 6.52. The van der Waals surface area contributed by atoms with E-state index >= 15 is 0 Å². The third-order valence-electron chi connectivity index (χ3n) is 3.88. The largest absolute Gasteiger partial charge is 0.481 e. The van der Waals surface area contributed by atoms with Gasteiger partial charge in [0, 0.05) is 6.54 Å². The summed E-state index contributed by atoms with van der Waals surface area (Å²) >= 11 is 0. The highest BCUT2D eigenvalue weighted by Crippen LogP contribution is 2.13. The number of nitrogens with one attached hydrogen (secondary N) is 1. The van der Waals surface area contributed by atoms with Gasteiger partial charge in [0.25, 0.3) is 5.09 Å². The first-order valence-electron chi connectivity index (χ1n) is 8.86. The summed E-state index contributed by atoms with van der Waals surface area (Å²) in [5.74, 6) is -2.30. The van der Waals surface area contributed by atoms with Crippen LogP contribution in [0.4, 0.5) is 4.79 Å². The Labute approximate surface area is 167 Å². The fourth-order valence-electron chi connectivity index (χ4n) is 2.29. The summed E-state index contributed by atoms with van der Waals surface area (Å²) in [5.41, 5.74) is 0.256. The lowest BCUT2D eigenvalue weighted by Gasteiger charge is -2.14. The van der Waals surface area contributed by atoms with Gasteiger partial charge in [-0.2, -0.15) is 0 Å². The highest BCUT2D eigenvalue weighted by molar-refractivity contribution is 5.91. The Morgan fingerprint density at radius 3 is 2.48 bits per heavy atom. The van der Waals surface area contributed by atoms with Gasteiger partial charge in [-0.25, -0.2) is 9.59 Å². The Kier molecular flexibility index (Phi) is 9.92. The zero-order valence-corrected chi connectivity index (χ0v) is 16.2. The standard InChI is InChI=1S/C18H24N2O9/c1-12(2)7-8-13(16(21)22)9-19-18(24)28-11-27-17(23)15-6-4-3-5-14(15)10-29-20(25)26/h3-6,12-13H,7-11H2,1-2H3,(H,19,24)(H,21,22). The summed E-state index contributed by atoms with van der Waals surface area (Å²) < 4.78 is 9.52. The van der Waals surface area contributed by atoms with E-state index in [1.807, 2.05) is 13.8 Å². The van der Waals surface area contributed by atoms with E-state index in [-0.39, 0.29) is 17.7 Å². The maximum absolute atomic E-state index is 12.1. The van der Waals surface area contributed by atoms with Crippen molar-refractivity contribution >= 4 is 18.0 Å². The van der Waals surface area contributed by atoms with E-state index in [0.717, 1.165) is 0 Å². The molecule has 1 aromatic carbocycles. The third kappa shape index (κ3) is 9.40. The molecule has 0 aliphatic heterocycles. The predicted molar refractivity (Wildman–Crippen MR) is 98.2 cm³/mol. The summed E-state index contributed by atoms with van der Waals surface area (Å²) in [4.78, 5) is 49.4. The topological polar surface area (TPSA) is 154 Å². The molecular weight excluding hydrogens is 388 g/mol. The van der Waals surface area contributed by atoms with Crippen molar-refractivity contribution in [1.82, 2.24) is 5.32 Å². The first kappa shape index (κ1) is 23.7. The quantitative estimate of drug-likeness (QED) is 0.228. The Morgan fingerprint density at radius 2 is 1.86 bits per heavy atom. The molecule has 1 rings (SSSR count). The maximum atomic E-state index is 12.1. The molecule has 0 fully saturated rings. The van der Waals surface area contributed by atoms with Gasteiger partial charge < -0.3 is 24.7 Å². The number of carboxylic acid groups (broad SMARTS) is 1. The van der Waals surface area contributed by atoms with Crippen LogP contribution in [0.5, 0.6) is 0 Å². The van der Waals surface area contributed by atoms with Crippen LogP contribution in [0.15, 0.2) is 24.3 Å². The van der Waals surface area contributed by atoms with Crippen molar-refractivity contribution in [2.24, 2.45) is 11.8 Å². The minimum atomic E-state index is -1.02. The fourth-order valence-corrected chi connectivity index (χ4v) is 2.29. The molecule has 1 unspecified atom stereocenters. The molecule has 1 aromatic rings. The van der Waals surface area contributed by atoms with Crippen LogP contribution in [0.2, 0.25) is 0 Å². The van der Waals surface area contributed by atoms with Crippen molar-refractivity contribution in [3.8, 4) is 0 Å². The van der Waals surface area contributed by atoms with E-state index in [1.54, 1.807) is 6.07 Å². The minimum Gasteiger partial charge on any atom is -0.481 e. The fraction of sp³-hybridized carbons (Fsp3) is 0.500. The Morgan fingerprint density at radius 1 is 1.17 bits per heavy atom. The number of nitrogens with zero attached hydrogens (tertiary/aromatic N) is 1. The molecule has 0 aliphatic rings. The van der Waals surface area contributed by atoms with Crippen LogP contribution in [0.25, 0.3) is 0 Å². The molecule has 11 heteroatoms. The van der Waals surface area contributed by atoms with Gasteiger partial charge in [0.15, 0.2) is 0 Å². The lowest BCUT2D eigenvalue weighted by atomic mass is 9.98. The van der Waals surface area contributed by atoms with Gasteiger partial charge >= 0.3 is 18.0 Å². The van der Waals surface area contributed by atoms with Crippen molar-refractivity contribution in [3.63, 3.8) is 0 Å². The molecule has 0 saturated heterocycles. The van der Waals surface area contributed by atoms with Crippen molar-refractivity contribution in [2.75, 3.05) is 13.3 Å². The SMILES string of the molecule is CC(C)CCC(CNC(=O)OCOC(=O)c1ccccc1CO[N+](=O)[O-])C(=O)O. The average Bonchev–Trinajstić information content (AvgIpc) is 2.65. The van der Waals surface area contributed by atoms with Crippen LogP contribution in [-0.2, 0) is 25.7 Å². The van der Waals surface area contributed by atoms with Crippen LogP contribution in [0, 0.1) is 22.0 Å². The zero-order valence-electron chi connectivity index (χ0n) is 16.2. The Bertz CT molecular complexity index is 721. The van der Waals surface area contributed by atoms with Crippen molar-refractivity contribution in [2.45, 2.75) is 33.3 Å². The van der Waals surface area contributed by atoms with Gasteiger partial charge in [-0.05, 0) is 24.0 Å². The number of ether oxygens (including phenoxy) is 2. The lowest BCUT2D eigenvalue weighted by molar-refractivity contribution is -0.763. The number of alkyl carbamates (subject to hydrolysis) is 1. The lowest BCUT2D eigenvalue weighted by Crippen LogP contribution is -2.34. The molecule has 11 nitrogen and oxygen atoms in total. The highest BCUT2D eigenvalue weighted by atomic mass is 16.9. The van der Waals surface area contributed by atoms with Crippen molar-refractivity contribution in [3.05, 3.63) is 45.5 Å². The molecule has 2 N–H and O–H groups in total. The number of hydrogen-bond donors (Lipinski definition) is 2. The van der Waals surface area contributed by atoms with Crippen LogP contribution in [0.1, 0.15) is 42.6 Å². The van der Waals surface area contributed by atoms with Crippen LogP contribution in [-0.4, -0.2) is 41.6 Å². The van der Waals surface area contributed by atoms with Gasteiger partial charge in [-0.15, -0.1) is 10.1 Å². The van der Waals surface area contributed by atoms with Gasteiger partial charge in [0.1, 0.15) is 6.61 Å². The van der Waals surface area contributed by atoms with Crippen LogP contribution < -0.4 is 5.32 Å². The molecule has 1 amide bonds. The molecule has 0 spiro atoms. The second kappa shape index (κ2) is 12.2. The smallest absolute Gasteiger partial charge is 0.410 e. The molecular formula is C18H24N2O9. The van der Waals surface area contributed by atoms with Gasteiger partial charge in [-0.3, -0.25) is 4.79 Å². The second-order valence-electron chi connectivity index (χ2n) is 6.52. The van der Waals surface area contributed by atoms with E-state index in [4.69, 9.17) is 14.6 Å². The minimum absolute atomic E-state index is 0.0259. The van der Waals surface area contributed by atoms with Gasteiger partial charge in [0.2, 0.25) is 6.79 Å². The molecule has 160 valence electrons. The Hall–Kier alpha value is -3.37. The number of rotatable bonds is 12. The first-order chi connectivity index (χ1) is 13.7. The summed E-state index contributed by atoms with van der Waals surface area (Å²) in [6, 6.07) is 5.94. The molecule has 0 heterocycles. The summed E-state index contributed by atoms with van der Waals surface area (Å²) in [5, 5.41) is 20.8. The Balaban J connectivity index is 2.44. The molecule has 0 aliphatic carbocycles. The molecule has 0 saturated carbocycles. The van der Waals surface area contributed by atoms with Crippen molar-refractivity contribution in [1.29, 1.82) is 0 Å². The van der Waals surface area contributed by atoms with Crippen LogP contribution >= 0.6 is 0 Å². The number of hydrogen-bond acceptors (Lipinski definition) is 8. The number of amides is 1. The van der Waals surface area contributed by atoms with Gasteiger partial charge in [0.05, 0.1) is 11.5 Å². The highest BCUT2D eigenvalue weighted by Gasteiger charge is 2.19. The van der Waals surface area contributed by atoms with E-state index in [2.05, 4.69) is 10.2 Å². The predicted octanol–water partition coefficient (Wildman–Crippen LogP) is 2.37. The normalized spacial score (nSPS) is 11.4. The summed E-state index contributed by atoms with van der Waals surface area (Å²) in [6.45, 7) is 2.68. The molecule has 29 heavy (non-hydrogen) atoms. The average molecular weight is 412 g/mol. The van der Waals surface area contributed by atoms with Crippen molar-refractivity contribution < 1.29 is 38.9 Å². The van der Waals surface area contributed by atoms with E-state index < -0.39 is 42.4 Å². The number of esters is 1. The van der Waals surface area contributed by atoms with E-state index in [0.29, 0.717) is 18.8 Å². The number of carboxylic acids is 1.